The molecule has 1 rings (SSSR count). The fourth-order valence-electron chi connectivity index (χ4n) is 0.839. The van der Waals surface area contributed by atoms with Gasteiger partial charge in [-0.25, -0.2) is 0 Å². The summed E-state index contributed by atoms with van der Waals surface area (Å²) in [6.45, 7) is 3.09. The summed E-state index contributed by atoms with van der Waals surface area (Å²) >= 11 is 0. The van der Waals surface area contributed by atoms with Crippen LogP contribution in [0.25, 0.3) is 0 Å². The first-order chi connectivity index (χ1) is 5.68. The van der Waals surface area contributed by atoms with Gasteiger partial charge in [0.1, 0.15) is 0 Å². The number of ether oxygens (including phenoxy) is 1. The smallest absolute Gasteiger partial charge is 0.304 e. The number of hydrogen-bond acceptors (Lipinski definition) is 4. The van der Waals surface area contributed by atoms with E-state index in [4.69, 9.17) is 9.15 Å². The summed E-state index contributed by atoms with van der Waals surface area (Å²) in [4.78, 5) is 10.5. The Bertz CT molecular complexity index is 243. The number of esters is 1. The number of anilines is 1. The summed E-state index contributed by atoms with van der Waals surface area (Å²) in [5.41, 5.74) is 0. The van der Waals surface area contributed by atoms with E-state index in [1.165, 1.54) is 6.92 Å². The molecule has 1 aromatic heterocycles. The zero-order chi connectivity index (χ0) is 8.97. The minimum atomic E-state index is -0.367. The van der Waals surface area contributed by atoms with Crippen LogP contribution in [0.4, 0.5) is 5.88 Å². The average Bonchev–Trinajstić information content (AvgIpc) is 2.37. The van der Waals surface area contributed by atoms with Crippen molar-refractivity contribution in [3.05, 3.63) is 18.4 Å². The highest BCUT2D eigenvalue weighted by atomic mass is 16.6. The average molecular weight is 169 g/mol. The Morgan fingerprint density at radius 1 is 1.75 bits per heavy atom. The molecular formula is C8H11NO3. The Labute approximate surface area is 70.5 Å². The molecule has 4 nitrogen and oxygen atoms in total. The molecule has 0 spiro atoms. The van der Waals surface area contributed by atoms with E-state index in [0.29, 0.717) is 5.88 Å². The van der Waals surface area contributed by atoms with Crippen molar-refractivity contribution in [2.24, 2.45) is 0 Å². The maximum atomic E-state index is 10.5. The quantitative estimate of drug-likeness (QED) is 0.551. The van der Waals surface area contributed by atoms with Gasteiger partial charge in [0.2, 0.25) is 0 Å². The van der Waals surface area contributed by atoms with E-state index in [-0.39, 0.29) is 12.2 Å². The molecule has 1 atom stereocenters. The molecule has 0 radical (unpaired) electrons. The molecule has 0 bridgehead atoms. The third-order valence-corrected chi connectivity index (χ3v) is 1.21. The highest BCUT2D eigenvalue weighted by Crippen LogP contribution is 2.08. The molecule has 12 heavy (non-hydrogen) atoms. The molecule has 0 aliphatic heterocycles. The topological polar surface area (TPSA) is 51.5 Å². The molecule has 0 aliphatic rings. The monoisotopic (exact) mass is 169 g/mol. The van der Waals surface area contributed by atoms with Gasteiger partial charge in [0, 0.05) is 13.0 Å². The molecule has 1 N–H and O–H groups in total. The summed E-state index contributed by atoms with van der Waals surface area (Å²) in [5, 5.41) is 2.84. The van der Waals surface area contributed by atoms with E-state index >= 15 is 0 Å². The van der Waals surface area contributed by atoms with Crippen molar-refractivity contribution >= 4 is 11.9 Å². The molecule has 0 saturated heterocycles. The largest absolute Gasteiger partial charge is 0.449 e. The van der Waals surface area contributed by atoms with Crippen LogP contribution < -0.4 is 5.32 Å². The molecular weight excluding hydrogens is 158 g/mol. The number of carbonyl (C=O) groups excluding carboxylic acids is 1. The number of nitrogens with one attached hydrogen (secondary N) is 1. The Kier molecular flexibility index (Phi) is 2.74. The van der Waals surface area contributed by atoms with Crippen molar-refractivity contribution in [2.75, 3.05) is 5.32 Å². The van der Waals surface area contributed by atoms with Crippen molar-refractivity contribution < 1.29 is 13.9 Å². The number of rotatable bonds is 3. The lowest BCUT2D eigenvalue weighted by molar-refractivity contribution is -0.144. The third-order valence-electron chi connectivity index (χ3n) is 1.21. The molecule has 0 fully saturated rings. The predicted molar refractivity (Wildman–Crippen MR) is 43.6 cm³/mol. The highest BCUT2D eigenvalue weighted by Gasteiger charge is 2.05. The number of furan rings is 1. The van der Waals surface area contributed by atoms with Gasteiger partial charge in [0.05, 0.1) is 6.26 Å². The van der Waals surface area contributed by atoms with Gasteiger partial charge in [-0.15, -0.1) is 0 Å². The van der Waals surface area contributed by atoms with Crippen LogP contribution in [0.5, 0.6) is 0 Å². The number of carbonyl (C=O) groups is 1. The molecule has 1 aromatic rings. The lowest BCUT2D eigenvalue weighted by Crippen LogP contribution is -2.21. The van der Waals surface area contributed by atoms with Gasteiger partial charge >= 0.3 is 5.97 Å². The second-order valence-corrected chi connectivity index (χ2v) is 2.37. The zero-order valence-electron chi connectivity index (χ0n) is 7.03. The van der Waals surface area contributed by atoms with Gasteiger partial charge in [-0.2, -0.15) is 0 Å². The van der Waals surface area contributed by atoms with Crippen LogP contribution in [-0.2, 0) is 9.53 Å². The van der Waals surface area contributed by atoms with E-state index in [1.54, 1.807) is 25.3 Å². The van der Waals surface area contributed by atoms with Crippen LogP contribution in [0.3, 0.4) is 0 Å². The first kappa shape index (κ1) is 8.64. The van der Waals surface area contributed by atoms with Crippen LogP contribution in [0, 0.1) is 0 Å². The van der Waals surface area contributed by atoms with Crippen LogP contribution in [0.2, 0.25) is 0 Å². The fourth-order valence-corrected chi connectivity index (χ4v) is 0.839. The van der Waals surface area contributed by atoms with Gasteiger partial charge in [0.15, 0.2) is 12.1 Å². The van der Waals surface area contributed by atoms with Crippen LogP contribution in [0.1, 0.15) is 13.8 Å². The molecule has 66 valence electrons. The first-order valence-electron chi connectivity index (χ1n) is 3.66. The molecule has 4 heteroatoms. The van der Waals surface area contributed by atoms with Crippen LogP contribution in [0.15, 0.2) is 22.8 Å². The van der Waals surface area contributed by atoms with Gasteiger partial charge in [-0.3, -0.25) is 4.79 Å². The maximum absolute atomic E-state index is 10.5. The molecule has 0 aromatic carbocycles. The zero-order valence-corrected chi connectivity index (χ0v) is 7.03. The van der Waals surface area contributed by atoms with Gasteiger partial charge in [-0.05, 0) is 13.0 Å². The lowest BCUT2D eigenvalue weighted by Gasteiger charge is -2.11. The van der Waals surface area contributed by atoms with Crippen LogP contribution in [-0.4, -0.2) is 12.2 Å². The molecule has 1 heterocycles. The van der Waals surface area contributed by atoms with Gasteiger partial charge in [-0.1, -0.05) is 0 Å². The predicted octanol–water partition coefficient (Wildman–Crippen LogP) is 1.60. The van der Waals surface area contributed by atoms with Crippen LogP contribution >= 0.6 is 0 Å². The SMILES string of the molecule is CC(=O)OC(C)Nc1ccco1. The standard InChI is InChI=1S/C8H11NO3/c1-6(12-7(2)10)9-8-4-3-5-11-8/h3-6,9H,1-2H3. The summed E-state index contributed by atoms with van der Waals surface area (Å²) in [6.07, 6.45) is 1.18. The minimum absolute atomic E-state index is 0.318. The van der Waals surface area contributed by atoms with E-state index in [0.717, 1.165) is 0 Å². The lowest BCUT2D eigenvalue weighted by atomic mass is 10.5. The third kappa shape index (κ3) is 2.65. The molecule has 0 saturated carbocycles. The number of hydrogen-bond donors (Lipinski definition) is 1. The van der Waals surface area contributed by atoms with Crippen molar-refractivity contribution in [1.29, 1.82) is 0 Å². The normalized spacial score (nSPS) is 12.2. The highest BCUT2D eigenvalue weighted by molar-refractivity contribution is 5.66. The Balaban J connectivity index is 2.36. The Morgan fingerprint density at radius 2 is 2.50 bits per heavy atom. The van der Waals surface area contributed by atoms with Crippen molar-refractivity contribution in [2.45, 2.75) is 20.1 Å². The Morgan fingerprint density at radius 3 is 3.00 bits per heavy atom. The van der Waals surface area contributed by atoms with E-state index in [9.17, 15) is 4.79 Å². The summed E-state index contributed by atoms with van der Waals surface area (Å²) in [7, 11) is 0. The molecule has 1 unspecified atom stereocenters. The second-order valence-electron chi connectivity index (χ2n) is 2.37. The van der Waals surface area contributed by atoms with E-state index in [1.807, 2.05) is 0 Å². The molecule has 0 amide bonds. The van der Waals surface area contributed by atoms with Crippen molar-refractivity contribution in [3.8, 4) is 0 Å². The Hall–Kier alpha value is -1.45. The fraction of sp³-hybridized carbons (Fsp3) is 0.375. The maximum Gasteiger partial charge on any atom is 0.304 e. The second kappa shape index (κ2) is 3.80. The van der Waals surface area contributed by atoms with Gasteiger partial charge in [0.25, 0.3) is 0 Å². The van der Waals surface area contributed by atoms with Crippen molar-refractivity contribution in [3.63, 3.8) is 0 Å². The first-order valence-corrected chi connectivity index (χ1v) is 3.66. The summed E-state index contributed by atoms with van der Waals surface area (Å²) in [5.74, 6) is 0.269. The minimum Gasteiger partial charge on any atom is -0.449 e. The summed E-state index contributed by atoms with van der Waals surface area (Å²) < 4.78 is 9.80. The van der Waals surface area contributed by atoms with Crippen molar-refractivity contribution in [1.82, 2.24) is 0 Å². The molecule has 0 aliphatic carbocycles. The van der Waals surface area contributed by atoms with E-state index in [2.05, 4.69) is 5.32 Å². The van der Waals surface area contributed by atoms with Gasteiger partial charge < -0.3 is 14.5 Å². The summed E-state index contributed by atoms with van der Waals surface area (Å²) in [6, 6.07) is 3.50. The van der Waals surface area contributed by atoms with E-state index < -0.39 is 0 Å².